The van der Waals surface area contributed by atoms with Crippen LogP contribution in [0.2, 0.25) is 0 Å². The van der Waals surface area contributed by atoms with E-state index >= 15 is 0 Å². The zero-order valence-corrected chi connectivity index (χ0v) is 17.4. The third-order valence-electron chi connectivity index (χ3n) is 4.83. The third-order valence-corrected chi connectivity index (χ3v) is 5.94. The average Bonchev–Trinajstić information content (AvgIpc) is 3.09. The predicted octanol–water partition coefficient (Wildman–Crippen LogP) is 3.30. The number of nitrogens with one attached hydrogen (secondary N) is 1. The van der Waals surface area contributed by atoms with E-state index in [2.05, 4.69) is 47.2 Å². The van der Waals surface area contributed by atoms with Crippen LogP contribution in [0.4, 0.5) is 5.82 Å². The first-order chi connectivity index (χ1) is 13.0. The fourth-order valence-electron chi connectivity index (χ4n) is 3.44. The van der Waals surface area contributed by atoms with E-state index < -0.39 is 0 Å². The summed E-state index contributed by atoms with van der Waals surface area (Å²) < 4.78 is 0. The quantitative estimate of drug-likeness (QED) is 0.793. The van der Waals surface area contributed by atoms with Gasteiger partial charge in [-0.15, -0.1) is 11.3 Å². The van der Waals surface area contributed by atoms with Gasteiger partial charge in [-0.2, -0.15) is 0 Å². The number of carbonyl (C=O) groups excluding carboxylic acids is 1. The number of hydrogen-bond acceptors (Lipinski definition) is 5. The Morgan fingerprint density at radius 3 is 2.59 bits per heavy atom. The zero-order chi connectivity index (χ0) is 19.2. The van der Waals surface area contributed by atoms with E-state index in [-0.39, 0.29) is 5.91 Å². The molecular weight excluding hydrogens is 356 g/mol. The molecule has 0 radical (unpaired) electrons. The van der Waals surface area contributed by atoms with E-state index in [9.17, 15) is 4.79 Å². The van der Waals surface area contributed by atoms with Gasteiger partial charge in [0.15, 0.2) is 0 Å². The minimum absolute atomic E-state index is 0.158. The Bertz CT molecular complexity index is 750. The Balaban J connectivity index is 1.55. The first kappa shape index (κ1) is 19.8. The lowest BCUT2D eigenvalue weighted by Crippen LogP contribution is -2.48. The highest BCUT2D eigenvalue weighted by molar-refractivity contribution is 7.11. The summed E-state index contributed by atoms with van der Waals surface area (Å²) in [6.45, 7) is 11.1. The summed E-state index contributed by atoms with van der Waals surface area (Å²) in [5.74, 6) is 1.90. The number of pyridine rings is 1. The number of nitrogens with zero attached hydrogens (tertiary/aromatic N) is 3. The number of rotatable bonds is 7. The molecule has 1 fully saturated rings. The molecule has 1 aliphatic rings. The molecule has 0 bridgehead atoms. The Hall–Kier alpha value is -1.92. The van der Waals surface area contributed by atoms with E-state index in [1.165, 1.54) is 15.3 Å². The van der Waals surface area contributed by atoms with Crippen molar-refractivity contribution in [1.29, 1.82) is 0 Å². The summed E-state index contributed by atoms with van der Waals surface area (Å²) in [5.41, 5.74) is 1.22. The van der Waals surface area contributed by atoms with Crippen molar-refractivity contribution >= 4 is 23.1 Å². The number of thiophene rings is 1. The molecule has 27 heavy (non-hydrogen) atoms. The van der Waals surface area contributed by atoms with Crippen LogP contribution < -0.4 is 10.2 Å². The van der Waals surface area contributed by atoms with Crippen molar-refractivity contribution in [2.24, 2.45) is 5.92 Å². The largest absolute Gasteiger partial charge is 0.353 e. The lowest BCUT2D eigenvalue weighted by molar-refractivity contribution is -0.129. The molecule has 1 N–H and O–H groups in total. The van der Waals surface area contributed by atoms with E-state index in [4.69, 9.17) is 0 Å². The summed E-state index contributed by atoms with van der Waals surface area (Å²) in [6.07, 6.45) is 3.01. The van der Waals surface area contributed by atoms with Crippen molar-refractivity contribution in [1.82, 2.24) is 15.2 Å². The van der Waals surface area contributed by atoms with Crippen LogP contribution in [0.3, 0.4) is 0 Å². The number of hydrogen-bond donors (Lipinski definition) is 1. The smallest absolute Gasteiger partial charge is 0.219 e. The molecule has 3 rings (SSSR count). The van der Waals surface area contributed by atoms with E-state index in [0.29, 0.717) is 5.92 Å². The highest BCUT2D eigenvalue weighted by Crippen LogP contribution is 2.21. The Morgan fingerprint density at radius 1 is 1.15 bits per heavy atom. The molecule has 3 heterocycles. The van der Waals surface area contributed by atoms with Crippen LogP contribution in [-0.2, 0) is 24.3 Å². The summed E-state index contributed by atoms with van der Waals surface area (Å²) in [5, 5.41) is 3.57. The van der Waals surface area contributed by atoms with Gasteiger partial charge in [0.25, 0.3) is 0 Å². The van der Waals surface area contributed by atoms with Crippen LogP contribution in [0.15, 0.2) is 30.5 Å². The summed E-state index contributed by atoms with van der Waals surface area (Å²) >= 11 is 1.91. The second-order valence-corrected chi connectivity index (χ2v) is 8.80. The maximum Gasteiger partial charge on any atom is 0.219 e. The molecule has 0 aliphatic carbocycles. The Kier molecular flexibility index (Phi) is 6.85. The molecule has 0 spiro atoms. The predicted molar refractivity (Wildman–Crippen MR) is 112 cm³/mol. The molecular formula is C21H30N4OS. The van der Waals surface area contributed by atoms with Crippen LogP contribution >= 0.6 is 11.3 Å². The molecule has 2 aromatic heterocycles. The van der Waals surface area contributed by atoms with E-state index in [1.54, 1.807) is 6.92 Å². The number of amides is 1. The fourth-order valence-corrected chi connectivity index (χ4v) is 4.64. The molecule has 0 aromatic carbocycles. The molecule has 1 amide bonds. The zero-order valence-electron chi connectivity index (χ0n) is 16.6. The van der Waals surface area contributed by atoms with Gasteiger partial charge in [0.2, 0.25) is 5.91 Å². The van der Waals surface area contributed by atoms with Crippen molar-refractivity contribution in [3.8, 4) is 0 Å². The number of anilines is 1. The first-order valence-corrected chi connectivity index (χ1v) is 10.6. The SMILES string of the molecule is CC(=O)N1CCN(c2ncccc2CNCc2ccc(CC(C)C)s2)CC1. The highest BCUT2D eigenvalue weighted by Gasteiger charge is 2.21. The van der Waals surface area contributed by atoms with Gasteiger partial charge in [-0.3, -0.25) is 4.79 Å². The standard InChI is InChI=1S/C21H30N4OS/c1-16(2)13-19-6-7-20(27-19)15-22-14-18-5-4-8-23-21(18)25-11-9-24(10-12-25)17(3)26/h4-8,16,22H,9-15H2,1-3H3. The van der Waals surface area contributed by atoms with E-state index in [1.807, 2.05) is 28.5 Å². The van der Waals surface area contributed by atoms with Gasteiger partial charge in [0.1, 0.15) is 5.82 Å². The van der Waals surface area contributed by atoms with Gasteiger partial charge >= 0.3 is 0 Å². The monoisotopic (exact) mass is 386 g/mol. The van der Waals surface area contributed by atoms with E-state index in [0.717, 1.165) is 51.5 Å². The molecule has 6 heteroatoms. The summed E-state index contributed by atoms with van der Waals surface area (Å²) in [7, 11) is 0. The van der Waals surface area contributed by atoms with Gasteiger partial charge in [0, 0.05) is 67.7 Å². The maximum absolute atomic E-state index is 11.5. The van der Waals surface area contributed by atoms with Gasteiger partial charge < -0.3 is 15.1 Å². The molecule has 1 aliphatic heterocycles. The molecule has 1 saturated heterocycles. The van der Waals surface area contributed by atoms with Crippen LogP contribution in [0, 0.1) is 5.92 Å². The summed E-state index contributed by atoms with van der Waals surface area (Å²) in [4.78, 5) is 23.2. The second-order valence-electron chi connectivity index (χ2n) is 7.55. The van der Waals surface area contributed by atoms with Crippen molar-refractivity contribution in [3.63, 3.8) is 0 Å². The lowest BCUT2D eigenvalue weighted by Gasteiger charge is -2.35. The Labute approximate surface area is 166 Å². The minimum Gasteiger partial charge on any atom is -0.353 e. The number of piperazine rings is 1. The highest BCUT2D eigenvalue weighted by atomic mass is 32.1. The molecule has 5 nitrogen and oxygen atoms in total. The van der Waals surface area contributed by atoms with Gasteiger partial charge in [-0.05, 0) is 30.5 Å². The average molecular weight is 387 g/mol. The molecule has 146 valence electrons. The second kappa shape index (κ2) is 9.33. The Morgan fingerprint density at radius 2 is 1.89 bits per heavy atom. The van der Waals surface area contributed by atoms with Crippen molar-refractivity contribution in [3.05, 3.63) is 45.8 Å². The summed E-state index contributed by atoms with van der Waals surface area (Å²) in [6, 6.07) is 8.63. The van der Waals surface area contributed by atoms with Crippen molar-refractivity contribution < 1.29 is 4.79 Å². The van der Waals surface area contributed by atoms with Gasteiger partial charge in [0.05, 0.1) is 0 Å². The normalized spacial score (nSPS) is 14.8. The van der Waals surface area contributed by atoms with Crippen molar-refractivity contribution in [2.75, 3.05) is 31.1 Å². The van der Waals surface area contributed by atoms with Crippen LogP contribution in [0.1, 0.15) is 36.1 Å². The van der Waals surface area contributed by atoms with Crippen molar-refractivity contribution in [2.45, 2.75) is 40.3 Å². The number of aromatic nitrogens is 1. The minimum atomic E-state index is 0.158. The maximum atomic E-state index is 11.5. The first-order valence-electron chi connectivity index (χ1n) is 9.75. The molecule has 0 saturated carbocycles. The topological polar surface area (TPSA) is 48.5 Å². The molecule has 0 unspecified atom stereocenters. The molecule has 0 atom stereocenters. The number of carbonyl (C=O) groups is 1. The third kappa shape index (κ3) is 5.53. The fraction of sp³-hybridized carbons (Fsp3) is 0.524. The van der Waals surface area contributed by atoms with Gasteiger partial charge in [-0.25, -0.2) is 4.98 Å². The van der Waals surface area contributed by atoms with Gasteiger partial charge in [-0.1, -0.05) is 19.9 Å². The molecule has 2 aromatic rings. The van der Waals surface area contributed by atoms with Crippen LogP contribution in [0.25, 0.3) is 0 Å². The lowest BCUT2D eigenvalue weighted by atomic mass is 10.1. The van der Waals surface area contributed by atoms with Crippen LogP contribution in [0.5, 0.6) is 0 Å². The van der Waals surface area contributed by atoms with Crippen LogP contribution in [-0.4, -0.2) is 42.0 Å².